The summed E-state index contributed by atoms with van der Waals surface area (Å²) in [5.74, 6) is 0.697. The lowest BCUT2D eigenvalue weighted by Gasteiger charge is -2.31. The zero-order valence-corrected chi connectivity index (χ0v) is 15.9. The summed E-state index contributed by atoms with van der Waals surface area (Å²) in [5.41, 5.74) is 0.822. The number of nitrogens with zero attached hydrogens (tertiary/aromatic N) is 1. The van der Waals surface area contributed by atoms with E-state index in [2.05, 4.69) is 0 Å². The van der Waals surface area contributed by atoms with Gasteiger partial charge in [0.1, 0.15) is 12.4 Å². The fourth-order valence-corrected chi connectivity index (χ4v) is 5.32. The standard InChI is InChI=1S/C18H29NO4S/c1-14(2)19(16-7-5-6-8-16)24(20,21)17-9-10-18(15(3)13-17)23-12-11-22-4/h9-10,13-14,16H,5-8,11-12H2,1-4H3. The van der Waals surface area contributed by atoms with Crippen LogP contribution in [0.2, 0.25) is 0 Å². The van der Waals surface area contributed by atoms with Gasteiger partial charge in [0.05, 0.1) is 11.5 Å². The van der Waals surface area contributed by atoms with Crippen LogP contribution in [-0.2, 0) is 14.8 Å². The van der Waals surface area contributed by atoms with Crippen molar-refractivity contribution in [1.29, 1.82) is 0 Å². The molecule has 1 aliphatic carbocycles. The molecule has 136 valence electrons. The van der Waals surface area contributed by atoms with Crippen molar-refractivity contribution in [2.75, 3.05) is 20.3 Å². The molecule has 0 amide bonds. The van der Waals surface area contributed by atoms with Crippen LogP contribution in [0.1, 0.15) is 45.1 Å². The maximum atomic E-state index is 13.1. The summed E-state index contributed by atoms with van der Waals surface area (Å²) in [7, 11) is -1.87. The minimum absolute atomic E-state index is 0.0453. The van der Waals surface area contributed by atoms with E-state index in [1.165, 1.54) is 0 Å². The Labute approximate surface area is 146 Å². The van der Waals surface area contributed by atoms with Gasteiger partial charge in [0.15, 0.2) is 0 Å². The first-order valence-electron chi connectivity index (χ1n) is 8.64. The minimum Gasteiger partial charge on any atom is -0.491 e. The maximum absolute atomic E-state index is 13.1. The molecule has 1 fully saturated rings. The first kappa shape index (κ1) is 19.2. The predicted octanol–water partition coefficient (Wildman–Crippen LogP) is 3.36. The molecule has 0 heterocycles. The monoisotopic (exact) mass is 355 g/mol. The molecule has 0 aliphatic heterocycles. The number of methoxy groups -OCH3 is 1. The Bertz CT molecular complexity index is 636. The Hall–Kier alpha value is -1.11. The van der Waals surface area contributed by atoms with Crippen molar-refractivity contribution < 1.29 is 17.9 Å². The molecule has 0 radical (unpaired) electrons. The molecule has 5 nitrogen and oxygen atoms in total. The number of hydrogen-bond acceptors (Lipinski definition) is 4. The summed E-state index contributed by atoms with van der Waals surface area (Å²) in [6.45, 7) is 6.72. The van der Waals surface area contributed by atoms with Crippen molar-refractivity contribution in [3.8, 4) is 5.75 Å². The summed E-state index contributed by atoms with van der Waals surface area (Å²) < 4.78 is 38.6. The Morgan fingerprint density at radius 2 is 1.88 bits per heavy atom. The Morgan fingerprint density at radius 1 is 1.21 bits per heavy atom. The molecule has 1 aromatic carbocycles. The van der Waals surface area contributed by atoms with Gasteiger partial charge in [-0.3, -0.25) is 0 Å². The predicted molar refractivity (Wildman–Crippen MR) is 95.0 cm³/mol. The summed E-state index contributed by atoms with van der Waals surface area (Å²) in [6.07, 6.45) is 4.12. The maximum Gasteiger partial charge on any atom is 0.243 e. The van der Waals surface area contributed by atoms with Crippen LogP contribution < -0.4 is 4.74 Å². The molecule has 2 rings (SSSR count). The Balaban J connectivity index is 2.25. The fraction of sp³-hybridized carbons (Fsp3) is 0.667. The van der Waals surface area contributed by atoms with Crippen molar-refractivity contribution in [1.82, 2.24) is 4.31 Å². The van der Waals surface area contributed by atoms with Gasteiger partial charge in [0, 0.05) is 19.2 Å². The normalized spacial score (nSPS) is 16.2. The smallest absolute Gasteiger partial charge is 0.243 e. The van der Waals surface area contributed by atoms with Crippen LogP contribution in [0.3, 0.4) is 0 Å². The zero-order chi connectivity index (χ0) is 17.7. The number of aryl methyl sites for hydroxylation is 1. The van der Waals surface area contributed by atoms with Gasteiger partial charge in [-0.05, 0) is 57.4 Å². The van der Waals surface area contributed by atoms with Gasteiger partial charge in [-0.1, -0.05) is 12.8 Å². The van der Waals surface area contributed by atoms with Gasteiger partial charge in [0.2, 0.25) is 10.0 Å². The third-order valence-electron chi connectivity index (χ3n) is 4.46. The second-order valence-corrected chi connectivity index (χ2v) is 8.48. The molecule has 24 heavy (non-hydrogen) atoms. The quantitative estimate of drug-likeness (QED) is 0.671. The molecular weight excluding hydrogens is 326 g/mol. The van der Waals surface area contributed by atoms with Crippen molar-refractivity contribution in [3.63, 3.8) is 0 Å². The average Bonchev–Trinajstić information content (AvgIpc) is 3.02. The van der Waals surface area contributed by atoms with E-state index in [4.69, 9.17) is 9.47 Å². The second-order valence-electron chi connectivity index (χ2n) is 6.64. The fourth-order valence-electron chi connectivity index (χ4n) is 3.36. The average molecular weight is 356 g/mol. The Morgan fingerprint density at radius 3 is 2.42 bits per heavy atom. The van der Waals surface area contributed by atoms with E-state index in [-0.39, 0.29) is 12.1 Å². The summed E-state index contributed by atoms with van der Waals surface area (Å²) in [5, 5.41) is 0. The highest BCUT2D eigenvalue weighted by Crippen LogP contribution is 2.32. The van der Waals surface area contributed by atoms with E-state index in [0.29, 0.717) is 23.9 Å². The van der Waals surface area contributed by atoms with Crippen LogP contribution in [0.25, 0.3) is 0 Å². The first-order valence-corrected chi connectivity index (χ1v) is 10.1. The molecule has 0 unspecified atom stereocenters. The molecule has 0 aromatic heterocycles. The molecule has 1 saturated carbocycles. The minimum atomic E-state index is -3.50. The van der Waals surface area contributed by atoms with Gasteiger partial charge in [-0.25, -0.2) is 8.42 Å². The topological polar surface area (TPSA) is 55.8 Å². The van der Waals surface area contributed by atoms with Gasteiger partial charge < -0.3 is 9.47 Å². The summed E-state index contributed by atoms with van der Waals surface area (Å²) in [6, 6.07) is 5.17. The number of hydrogen-bond donors (Lipinski definition) is 0. The zero-order valence-electron chi connectivity index (χ0n) is 15.1. The highest BCUT2D eigenvalue weighted by atomic mass is 32.2. The SMILES string of the molecule is COCCOc1ccc(S(=O)(=O)N(C(C)C)C2CCCC2)cc1C. The third kappa shape index (κ3) is 4.29. The third-order valence-corrected chi connectivity index (χ3v) is 6.58. The molecule has 1 aliphatic rings. The van der Waals surface area contributed by atoms with E-state index in [9.17, 15) is 8.42 Å². The summed E-state index contributed by atoms with van der Waals surface area (Å²) in [4.78, 5) is 0.347. The van der Waals surface area contributed by atoms with E-state index in [1.54, 1.807) is 29.6 Å². The van der Waals surface area contributed by atoms with Gasteiger partial charge in [0.25, 0.3) is 0 Å². The van der Waals surface area contributed by atoms with Gasteiger partial charge in [-0.15, -0.1) is 0 Å². The van der Waals surface area contributed by atoms with E-state index >= 15 is 0 Å². The van der Waals surface area contributed by atoms with Crippen LogP contribution in [0, 0.1) is 6.92 Å². The lowest BCUT2D eigenvalue weighted by atomic mass is 10.2. The van der Waals surface area contributed by atoms with Gasteiger partial charge in [-0.2, -0.15) is 4.31 Å². The van der Waals surface area contributed by atoms with E-state index < -0.39 is 10.0 Å². The second kappa shape index (κ2) is 8.32. The molecule has 0 saturated heterocycles. The van der Waals surface area contributed by atoms with Crippen LogP contribution in [0.5, 0.6) is 5.75 Å². The largest absolute Gasteiger partial charge is 0.491 e. The van der Waals surface area contributed by atoms with Crippen molar-refractivity contribution in [2.45, 2.75) is 63.4 Å². The lowest BCUT2D eigenvalue weighted by molar-refractivity contribution is 0.146. The van der Waals surface area contributed by atoms with Crippen LogP contribution >= 0.6 is 0 Å². The van der Waals surface area contributed by atoms with E-state index in [1.807, 2.05) is 20.8 Å². The molecule has 0 atom stereocenters. The van der Waals surface area contributed by atoms with Gasteiger partial charge >= 0.3 is 0 Å². The molecule has 6 heteroatoms. The molecule has 0 spiro atoms. The van der Waals surface area contributed by atoms with Crippen molar-refractivity contribution in [3.05, 3.63) is 23.8 Å². The van der Waals surface area contributed by atoms with E-state index in [0.717, 1.165) is 31.2 Å². The van der Waals surface area contributed by atoms with Crippen molar-refractivity contribution >= 4 is 10.0 Å². The lowest BCUT2D eigenvalue weighted by Crippen LogP contribution is -2.43. The molecule has 0 bridgehead atoms. The number of ether oxygens (including phenoxy) is 2. The number of rotatable bonds is 8. The summed E-state index contributed by atoms with van der Waals surface area (Å²) >= 11 is 0. The highest BCUT2D eigenvalue weighted by Gasteiger charge is 2.35. The first-order chi connectivity index (χ1) is 11.4. The van der Waals surface area contributed by atoms with Crippen LogP contribution in [-0.4, -0.2) is 45.1 Å². The Kier molecular flexibility index (Phi) is 6.66. The number of sulfonamides is 1. The van der Waals surface area contributed by atoms with Crippen molar-refractivity contribution in [2.24, 2.45) is 0 Å². The number of benzene rings is 1. The molecule has 1 aromatic rings. The van der Waals surface area contributed by atoms with Crippen LogP contribution in [0.15, 0.2) is 23.1 Å². The highest BCUT2D eigenvalue weighted by molar-refractivity contribution is 7.89. The molecular formula is C18H29NO4S. The van der Waals surface area contributed by atoms with Crippen LogP contribution in [0.4, 0.5) is 0 Å². The molecule has 0 N–H and O–H groups in total.